The standard InChI is InChI=1S/C16H12Br2Cl2N2O4/c17-9-1-3-13(11(18)5-9)25-7-15(23)21-22-16(24)8-26-14-4-2-10(19)6-12(14)20/h1-6H,7-8H2,(H,21,23)(H,22,24). The fourth-order valence-corrected chi connectivity index (χ4v) is 3.31. The van der Waals surface area contributed by atoms with E-state index in [4.69, 9.17) is 32.7 Å². The Morgan fingerprint density at radius 2 is 1.46 bits per heavy atom. The number of carbonyl (C=O) groups is 2. The number of hydrazine groups is 1. The maximum Gasteiger partial charge on any atom is 0.276 e. The highest BCUT2D eigenvalue weighted by molar-refractivity contribution is 9.11. The molecule has 0 spiro atoms. The van der Waals surface area contributed by atoms with Crippen molar-refractivity contribution in [2.45, 2.75) is 0 Å². The molecule has 0 aliphatic rings. The lowest BCUT2D eigenvalue weighted by molar-refractivity contribution is -0.131. The SMILES string of the molecule is O=C(COc1ccc(Cl)cc1Cl)NNC(=O)COc1ccc(Br)cc1Br. The molecule has 0 unspecified atom stereocenters. The maximum absolute atomic E-state index is 11.7. The van der Waals surface area contributed by atoms with Gasteiger partial charge in [-0.2, -0.15) is 0 Å². The van der Waals surface area contributed by atoms with E-state index in [9.17, 15) is 9.59 Å². The first-order chi connectivity index (χ1) is 12.3. The first-order valence-electron chi connectivity index (χ1n) is 7.08. The van der Waals surface area contributed by atoms with Crippen LogP contribution in [-0.2, 0) is 9.59 Å². The highest BCUT2D eigenvalue weighted by Crippen LogP contribution is 2.28. The number of amides is 2. The predicted octanol–water partition coefficient (Wildman–Crippen LogP) is 4.12. The third-order valence-corrected chi connectivity index (χ3v) is 4.49. The minimum atomic E-state index is -0.561. The molecule has 2 rings (SSSR count). The molecule has 2 aromatic carbocycles. The van der Waals surface area contributed by atoms with Crippen molar-refractivity contribution in [3.63, 3.8) is 0 Å². The lowest BCUT2D eigenvalue weighted by Gasteiger charge is -2.11. The zero-order valence-corrected chi connectivity index (χ0v) is 17.7. The van der Waals surface area contributed by atoms with Crippen LogP contribution in [-0.4, -0.2) is 25.0 Å². The Labute approximate surface area is 176 Å². The van der Waals surface area contributed by atoms with Crippen molar-refractivity contribution in [3.05, 3.63) is 55.4 Å². The Morgan fingerprint density at radius 1 is 0.885 bits per heavy atom. The maximum atomic E-state index is 11.7. The van der Waals surface area contributed by atoms with Crippen LogP contribution < -0.4 is 20.3 Å². The second kappa shape index (κ2) is 10.0. The first kappa shape index (κ1) is 20.8. The molecular weight excluding hydrogens is 515 g/mol. The van der Waals surface area contributed by atoms with Crippen molar-refractivity contribution in [2.75, 3.05) is 13.2 Å². The van der Waals surface area contributed by atoms with E-state index in [1.54, 1.807) is 30.3 Å². The highest BCUT2D eigenvalue weighted by atomic mass is 79.9. The van der Waals surface area contributed by atoms with E-state index in [2.05, 4.69) is 42.7 Å². The summed E-state index contributed by atoms with van der Waals surface area (Å²) in [6, 6.07) is 9.88. The van der Waals surface area contributed by atoms with Crippen LogP contribution >= 0.6 is 55.1 Å². The van der Waals surface area contributed by atoms with Crippen molar-refractivity contribution in [1.29, 1.82) is 0 Å². The van der Waals surface area contributed by atoms with Crippen molar-refractivity contribution in [1.82, 2.24) is 10.9 Å². The van der Waals surface area contributed by atoms with Crippen LogP contribution in [0.15, 0.2) is 45.3 Å². The molecule has 2 aromatic rings. The van der Waals surface area contributed by atoms with Gasteiger partial charge in [0.15, 0.2) is 13.2 Å². The van der Waals surface area contributed by atoms with Gasteiger partial charge in [-0.1, -0.05) is 39.1 Å². The van der Waals surface area contributed by atoms with Gasteiger partial charge in [-0.25, -0.2) is 0 Å². The second-order valence-corrected chi connectivity index (χ2v) is 7.44. The summed E-state index contributed by atoms with van der Waals surface area (Å²) >= 11 is 18.3. The topological polar surface area (TPSA) is 76.7 Å². The van der Waals surface area contributed by atoms with E-state index < -0.39 is 11.8 Å². The number of ether oxygens (including phenoxy) is 2. The Balaban J connectivity index is 1.72. The summed E-state index contributed by atoms with van der Waals surface area (Å²) in [5.41, 5.74) is 4.43. The number of halogens is 4. The quantitative estimate of drug-likeness (QED) is 0.555. The molecule has 0 saturated heterocycles. The molecule has 0 fully saturated rings. The van der Waals surface area contributed by atoms with E-state index in [0.717, 1.165) is 4.47 Å². The van der Waals surface area contributed by atoms with Crippen LogP contribution in [0, 0.1) is 0 Å². The Hall–Kier alpha value is -1.48. The van der Waals surface area contributed by atoms with Gasteiger partial charge in [-0.15, -0.1) is 0 Å². The van der Waals surface area contributed by atoms with E-state index >= 15 is 0 Å². The average molecular weight is 527 g/mol. The Morgan fingerprint density at radius 3 is 2.04 bits per heavy atom. The summed E-state index contributed by atoms with van der Waals surface area (Å²) in [6.45, 7) is -0.606. The van der Waals surface area contributed by atoms with Crippen molar-refractivity contribution >= 4 is 66.9 Å². The number of nitrogens with one attached hydrogen (secondary N) is 2. The normalized spacial score (nSPS) is 10.2. The minimum absolute atomic E-state index is 0.273. The molecular formula is C16H12Br2Cl2N2O4. The summed E-state index contributed by atoms with van der Waals surface area (Å²) in [5.74, 6) is -0.289. The van der Waals surface area contributed by atoms with Gasteiger partial charge in [0.05, 0.1) is 9.50 Å². The Bertz CT molecular complexity index is 753. The lowest BCUT2D eigenvalue weighted by atomic mass is 10.3. The average Bonchev–Trinajstić information content (AvgIpc) is 2.58. The molecule has 2 amide bonds. The predicted molar refractivity (Wildman–Crippen MR) is 106 cm³/mol. The highest BCUT2D eigenvalue weighted by Gasteiger charge is 2.09. The number of rotatable bonds is 6. The zero-order valence-electron chi connectivity index (χ0n) is 13.0. The zero-order chi connectivity index (χ0) is 19.1. The largest absolute Gasteiger partial charge is 0.483 e. The van der Waals surface area contributed by atoms with Crippen molar-refractivity contribution in [3.8, 4) is 11.5 Å². The molecule has 0 heterocycles. The molecule has 138 valence electrons. The van der Waals surface area contributed by atoms with Gasteiger partial charge in [-0.05, 0) is 52.3 Å². The number of hydrogen-bond acceptors (Lipinski definition) is 4. The second-order valence-electron chi connectivity index (χ2n) is 4.82. The summed E-state index contributed by atoms with van der Waals surface area (Å²) < 4.78 is 12.2. The van der Waals surface area contributed by atoms with Gasteiger partial charge in [0, 0.05) is 9.50 Å². The number of carbonyl (C=O) groups excluding carboxylic acids is 2. The van der Waals surface area contributed by atoms with Crippen molar-refractivity contribution < 1.29 is 19.1 Å². The molecule has 0 aliphatic heterocycles. The van der Waals surface area contributed by atoms with Gasteiger partial charge >= 0.3 is 0 Å². The number of hydrogen-bond donors (Lipinski definition) is 2. The van der Waals surface area contributed by atoms with Gasteiger partial charge in [-0.3, -0.25) is 20.4 Å². The summed E-state index contributed by atoms with van der Waals surface area (Å²) in [7, 11) is 0. The molecule has 0 radical (unpaired) electrons. The van der Waals surface area contributed by atoms with Gasteiger partial charge in [0.2, 0.25) is 0 Å². The van der Waals surface area contributed by atoms with Crippen LogP contribution in [0.2, 0.25) is 10.0 Å². The van der Waals surface area contributed by atoms with E-state index in [0.29, 0.717) is 21.0 Å². The molecule has 10 heteroatoms. The molecule has 6 nitrogen and oxygen atoms in total. The summed E-state index contributed by atoms with van der Waals surface area (Å²) in [4.78, 5) is 23.4. The molecule has 0 saturated carbocycles. The molecule has 0 bridgehead atoms. The lowest BCUT2D eigenvalue weighted by Crippen LogP contribution is -2.45. The Kier molecular flexibility index (Phi) is 8.02. The van der Waals surface area contributed by atoms with Crippen molar-refractivity contribution in [2.24, 2.45) is 0 Å². The third-order valence-electron chi connectivity index (χ3n) is 2.85. The molecule has 26 heavy (non-hydrogen) atoms. The van der Waals surface area contributed by atoms with Crippen LogP contribution in [0.25, 0.3) is 0 Å². The smallest absolute Gasteiger partial charge is 0.276 e. The van der Waals surface area contributed by atoms with E-state index in [1.165, 1.54) is 6.07 Å². The van der Waals surface area contributed by atoms with Gasteiger partial charge in [0.25, 0.3) is 11.8 Å². The minimum Gasteiger partial charge on any atom is -0.483 e. The fraction of sp³-hybridized carbons (Fsp3) is 0.125. The number of benzene rings is 2. The third kappa shape index (κ3) is 6.68. The van der Waals surface area contributed by atoms with E-state index in [1.807, 2.05) is 0 Å². The summed E-state index contributed by atoms with van der Waals surface area (Å²) in [6.07, 6.45) is 0. The van der Waals surface area contributed by atoms with Crippen LogP contribution in [0.4, 0.5) is 0 Å². The van der Waals surface area contributed by atoms with Gasteiger partial charge < -0.3 is 9.47 Å². The summed E-state index contributed by atoms with van der Waals surface area (Å²) in [5, 5.41) is 0.735. The fourth-order valence-electron chi connectivity index (χ4n) is 1.68. The van der Waals surface area contributed by atoms with Gasteiger partial charge in [0.1, 0.15) is 11.5 Å². The first-order valence-corrected chi connectivity index (χ1v) is 9.42. The van der Waals surface area contributed by atoms with E-state index in [-0.39, 0.29) is 18.2 Å². The molecule has 0 aromatic heterocycles. The monoisotopic (exact) mass is 524 g/mol. The molecule has 0 atom stereocenters. The molecule has 0 aliphatic carbocycles. The molecule has 2 N–H and O–H groups in total. The van der Waals surface area contributed by atoms with Crippen LogP contribution in [0.5, 0.6) is 11.5 Å². The van der Waals surface area contributed by atoms with Crippen LogP contribution in [0.3, 0.4) is 0 Å². The van der Waals surface area contributed by atoms with Crippen LogP contribution in [0.1, 0.15) is 0 Å².